The van der Waals surface area contributed by atoms with Gasteiger partial charge in [-0.25, -0.2) is 0 Å². The first-order chi connectivity index (χ1) is 6.95. The van der Waals surface area contributed by atoms with E-state index in [2.05, 4.69) is 11.4 Å². The van der Waals surface area contributed by atoms with Crippen LogP contribution in [0.2, 0.25) is 0 Å². The summed E-state index contributed by atoms with van der Waals surface area (Å²) in [6.07, 6.45) is 6.23. The third kappa shape index (κ3) is 3.08. The van der Waals surface area contributed by atoms with Crippen LogP contribution in [-0.2, 0) is 9.47 Å². The average molecular weight is 197 g/mol. The molecule has 0 saturated carbocycles. The fourth-order valence-electron chi connectivity index (χ4n) is 1.93. The molecule has 14 heavy (non-hydrogen) atoms. The molecule has 2 aliphatic heterocycles. The van der Waals surface area contributed by atoms with Crippen LogP contribution in [0.4, 0.5) is 0 Å². The van der Waals surface area contributed by atoms with Gasteiger partial charge >= 0.3 is 0 Å². The minimum atomic E-state index is 0.445. The lowest BCUT2D eigenvalue weighted by molar-refractivity contribution is 0.109. The molecule has 80 valence electrons. The molecule has 3 heteroatoms. The largest absolute Gasteiger partial charge is 0.377 e. The monoisotopic (exact) mass is 197 g/mol. The second kappa shape index (κ2) is 5.49. The summed E-state index contributed by atoms with van der Waals surface area (Å²) in [4.78, 5) is 0. The topological polar surface area (TPSA) is 30.5 Å². The molecule has 0 spiro atoms. The molecule has 1 N–H and O–H groups in total. The standard InChI is InChI=1S/C11H19NO2/c1-3-10(9-13-5-1)7-12-8-11-4-2-6-14-11/h3,11-12H,1-2,4-9H2. The van der Waals surface area contributed by atoms with Crippen LogP contribution in [0.1, 0.15) is 19.3 Å². The van der Waals surface area contributed by atoms with Crippen LogP contribution in [0.25, 0.3) is 0 Å². The van der Waals surface area contributed by atoms with Gasteiger partial charge in [0.25, 0.3) is 0 Å². The first-order valence-electron chi connectivity index (χ1n) is 5.53. The summed E-state index contributed by atoms with van der Waals surface area (Å²) in [7, 11) is 0. The fourth-order valence-corrected chi connectivity index (χ4v) is 1.93. The zero-order valence-electron chi connectivity index (χ0n) is 8.63. The van der Waals surface area contributed by atoms with E-state index in [1.807, 2.05) is 0 Å². The quantitative estimate of drug-likeness (QED) is 0.685. The molecule has 1 unspecified atom stereocenters. The fraction of sp³-hybridized carbons (Fsp3) is 0.818. The van der Waals surface area contributed by atoms with Gasteiger partial charge in [-0.2, -0.15) is 0 Å². The van der Waals surface area contributed by atoms with Crippen LogP contribution < -0.4 is 5.32 Å². The molecule has 0 radical (unpaired) electrons. The highest BCUT2D eigenvalue weighted by molar-refractivity contribution is 5.06. The van der Waals surface area contributed by atoms with E-state index < -0.39 is 0 Å². The smallest absolute Gasteiger partial charge is 0.0700 e. The molecular weight excluding hydrogens is 178 g/mol. The summed E-state index contributed by atoms with van der Waals surface area (Å²) >= 11 is 0. The summed E-state index contributed by atoms with van der Waals surface area (Å²) in [6.45, 7) is 4.57. The molecule has 0 aliphatic carbocycles. The van der Waals surface area contributed by atoms with Crippen LogP contribution in [0, 0.1) is 0 Å². The van der Waals surface area contributed by atoms with Gasteiger partial charge in [0, 0.05) is 19.7 Å². The van der Waals surface area contributed by atoms with E-state index in [9.17, 15) is 0 Å². The first kappa shape index (κ1) is 10.1. The van der Waals surface area contributed by atoms with Crippen molar-refractivity contribution in [3.63, 3.8) is 0 Å². The first-order valence-corrected chi connectivity index (χ1v) is 5.53. The maximum absolute atomic E-state index is 5.53. The molecule has 0 amide bonds. The van der Waals surface area contributed by atoms with Crippen molar-refractivity contribution < 1.29 is 9.47 Å². The van der Waals surface area contributed by atoms with E-state index in [-0.39, 0.29) is 0 Å². The van der Waals surface area contributed by atoms with Gasteiger partial charge in [-0.1, -0.05) is 6.08 Å². The molecular formula is C11H19NO2. The summed E-state index contributed by atoms with van der Waals surface area (Å²) < 4.78 is 10.9. The summed E-state index contributed by atoms with van der Waals surface area (Å²) in [5, 5.41) is 3.42. The Hall–Kier alpha value is -0.380. The lowest BCUT2D eigenvalue weighted by Crippen LogP contribution is -2.29. The van der Waals surface area contributed by atoms with Crippen LogP contribution in [0.3, 0.4) is 0 Å². The second-order valence-corrected chi connectivity index (χ2v) is 3.97. The molecule has 1 fully saturated rings. The van der Waals surface area contributed by atoms with Crippen molar-refractivity contribution in [3.05, 3.63) is 11.6 Å². The molecule has 3 nitrogen and oxygen atoms in total. The van der Waals surface area contributed by atoms with E-state index in [4.69, 9.17) is 9.47 Å². The Morgan fingerprint density at radius 2 is 2.43 bits per heavy atom. The average Bonchev–Trinajstić information content (AvgIpc) is 2.72. The van der Waals surface area contributed by atoms with E-state index in [1.54, 1.807) is 0 Å². The maximum Gasteiger partial charge on any atom is 0.0700 e. The minimum Gasteiger partial charge on any atom is -0.377 e. The Labute approximate surface area is 85.5 Å². The molecule has 0 aromatic carbocycles. The Morgan fingerprint density at radius 1 is 1.43 bits per heavy atom. The number of ether oxygens (including phenoxy) is 2. The van der Waals surface area contributed by atoms with Crippen molar-refractivity contribution in [1.29, 1.82) is 0 Å². The van der Waals surface area contributed by atoms with Gasteiger partial charge in [-0.15, -0.1) is 0 Å². The van der Waals surface area contributed by atoms with Gasteiger partial charge in [0.1, 0.15) is 0 Å². The van der Waals surface area contributed by atoms with Crippen molar-refractivity contribution in [2.24, 2.45) is 0 Å². The minimum absolute atomic E-state index is 0.445. The van der Waals surface area contributed by atoms with Crippen LogP contribution in [0.5, 0.6) is 0 Å². The van der Waals surface area contributed by atoms with Gasteiger partial charge in [0.2, 0.25) is 0 Å². The zero-order chi connectivity index (χ0) is 9.64. The predicted molar refractivity (Wildman–Crippen MR) is 55.4 cm³/mol. The highest BCUT2D eigenvalue weighted by atomic mass is 16.5. The van der Waals surface area contributed by atoms with Crippen molar-refractivity contribution in [3.8, 4) is 0 Å². The maximum atomic E-state index is 5.53. The lowest BCUT2D eigenvalue weighted by Gasteiger charge is -2.15. The Balaban J connectivity index is 1.59. The summed E-state index contributed by atoms with van der Waals surface area (Å²) in [6, 6.07) is 0. The molecule has 1 atom stereocenters. The van der Waals surface area contributed by atoms with E-state index in [1.165, 1.54) is 18.4 Å². The van der Waals surface area contributed by atoms with E-state index in [0.717, 1.165) is 39.3 Å². The van der Waals surface area contributed by atoms with Crippen LogP contribution >= 0.6 is 0 Å². The summed E-state index contributed by atoms with van der Waals surface area (Å²) in [5.41, 5.74) is 1.38. The number of hydrogen-bond acceptors (Lipinski definition) is 3. The lowest BCUT2D eigenvalue weighted by atomic mass is 10.2. The van der Waals surface area contributed by atoms with Crippen LogP contribution in [-0.4, -0.2) is 39.0 Å². The van der Waals surface area contributed by atoms with Crippen molar-refractivity contribution in [2.45, 2.75) is 25.4 Å². The molecule has 1 saturated heterocycles. The number of hydrogen-bond donors (Lipinski definition) is 1. The molecule has 2 rings (SSSR count). The highest BCUT2D eigenvalue weighted by Crippen LogP contribution is 2.11. The Bertz CT molecular complexity index is 197. The van der Waals surface area contributed by atoms with Gasteiger partial charge in [-0.05, 0) is 24.8 Å². The Morgan fingerprint density at radius 3 is 3.14 bits per heavy atom. The van der Waals surface area contributed by atoms with E-state index in [0.29, 0.717) is 6.10 Å². The van der Waals surface area contributed by atoms with E-state index >= 15 is 0 Å². The number of rotatable bonds is 4. The molecule has 2 aliphatic rings. The molecule has 2 heterocycles. The number of nitrogens with one attached hydrogen (secondary N) is 1. The van der Waals surface area contributed by atoms with Crippen molar-refractivity contribution in [1.82, 2.24) is 5.32 Å². The highest BCUT2D eigenvalue weighted by Gasteiger charge is 2.14. The predicted octanol–water partition coefficient (Wildman–Crippen LogP) is 1.10. The molecule has 0 aromatic rings. The second-order valence-electron chi connectivity index (χ2n) is 3.97. The van der Waals surface area contributed by atoms with Gasteiger partial charge < -0.3 is 14.8 Å². The SMILES string of the molecule is C1=C(CNCC2CCCO2)COCC1. The van der Waals surface area contributed by atoms with Crippen molar-refractivity contribution >= 4 is 0 Å². The normalized spacial score (nSPS) is 27.7. The third-order valence-corrected chi connectivity index (χ3v) is 2.73. The van der Waals surface area contributed by atoms with Gasteiger partial charge in [0.05, 0.1) is 19.3 Å². The van der Waals surface area contributed by atoms with Gasteiger partial charge in [0.15, 0.2) is 0 Å². The Kier molecular flexibility index (Phi) is 3.98. The third-order valence-electron chi connectivity index (χ3n) is 2.73. The molecule has 0 aromatic heterocycles. The van der Waals surface area contributed by atoms with Crippen molar-refractivity contribution in [2.75, 3.05) is 32.9 Å². The van der Waals surface area contributed by atoms with Gasteiger partial charge in [-0.3, -0.25) is 0 Å². The summed E-state index contributed by atoms with van der Waals surface area (Å²) in [5.74, 6) is 0. The van der Waals surface area contributed by atoms with Crippen LogP contribution in [0.15, 0.2) is 11.6 Å². The zero-order valence-corrected chi connectivity index (χ0v) is 8.63. The molecule has 0 bridgehead atoms.